The number of fused-ring (bicyclic) bond motifs is 4. The lowest BCUT2D eigenvalue weighted by molar-refractivity contribution is -0.136. The molecule has 6 heterocycles. The van der Waals surface area contributed by atoms with Gasteiger partial charge in [0, 0.05) is 62.9 Å². The van der Waals surface area contributed by atoms with E-state index in [1.807, 2.05) is 16.0 Å². The van der Waals surface area contributed by atoms with Crippen LogP contribution in [0.2, 0.25) is 19.1 Å². The number of ether oxygens (including phenoxy) is 4. The number of benzene rings is 4. The van der Waals surface area contributed by atoms with Crippen molar-refractivity contribution in [1.29, 1.82) is 0 Å². The van der Waals surface area contributed by atoms with Crippen LogP contribution in [0.5, 0.6) is 0 Å². The van der Waals surface area contributed by atoms with Gasteiger partial charge in [-0.05, 0) is 119 Å². The first kappa shape index (κ1) is 45.7. The Labute approximate surface area is 397 Å². The molecule has 5 aromatic rings. The molecule has 5 aliphatic heterocycles. The van der Waals surface area contributed by atoms with Crippen LogP contribution in [-0.2, 0) is 28.5 Å². The van der Waals surface area contributed by atoms with Crippen molar-refractivity contribution in [2.45, 2.75) is 88.3 Å². The summed E-state index contributed by atoms with van der Waals surface area (Å²) in [7, 11) is 0.830. The molecule has 10 rings (SSSR count). The molecule has 4 amide bonds. The lowest BCUT2D eigenvalue weighted by Crippen LogP contribution is -2.55. The van der Waals surface area contributed by atoms with Crippen molar-refractivity contribution < 1.29 is 38.1 Å². The standard InChI is InChI=1S/C52H61N7O8Si/c1-64-51(62)56-45(31-15-20-66-21-16-31)49(60)58-19-5-6-43(58)42-27-39(28-53-42)37-10-9-33-24-34(7-8-35(33)25-37)36-11-13-40-38(26-36)12-14-41-47(40)55-48(54-41)44-29-68(3,4)30-59(44)50(61)46(57-52(63)65-2)32-17-22-67-23-18-32/h7-14,24-26,28,31-32,43-46H,5-6,15-23,27,29-30H2,1-4H3,(H,54,55)(H,56,62)(H,57,63)/t43-,44-,45-,46-/m0/s1. The second-order valence-corrected chi connectivity index (χ2v) is 25.0. The van der Waals surface area contributed by atoms with Crippen molar-refractivity contribution in [2.75, 3.05) is 53.4 Å². The average Bonchev–Trinajstić information content (AvgIpc) is 4.20. The molecule has 4 aromatic carbocycles. The van der Waals surface area contributed by atoms with Crippen LogP contribution in [0.3, 0.4) is 0 Å². The molecule has 15 nitrogen and oxygen atoms in total. The maximum absolute atomic E-state index is 14.5. The first-order valence-corrected chi connectivity index (χ1v) is 27.6. The molecule has 68 heavy (non-hydrogen) atoms. The van der Waals surface area contributed by atoms with Crippen LogP contribution in [0.25, 0.3) is 49.3 Å². The number of H-pyrrole nitrogens is 1. The number of imidazole rings is 1. The zero-order chi connectivity index (χ0) is 47.1. The van der Waals surface area contributed by atoms with Crippen LogP contribution in [-0.4, -0.2) is 129 Å². The number of methoxy groups -OCH3 is 2. The van der Waals surface area contributed by atoms with Crippen LogP contribution in [0.4, 0.5) is 9.59 Å². The van der Waals surface area contributed by atoms with Crippen molar-refractivity contribution in [3.8, 4) is 11.1 Å². The molecule has 4 fully saturated rings. The number of rotatable bonds is 10. The van der Waals surface area contributed by atoms with E-state index in [1.54, 1.807) is 0 Å². The quantitative estimate of drug-likeness (QED) is 0.117. The van der Waals surface area contributed by atoms with Crippen LogP contribution >= 0.6 is 0 Å². The van der Waals surface area contributed by atoms with Crippen LogP contribution in [0, 0.1) is 11.8 Å². The Kier molecular flexibility index (Phi) is 12.8. The predicted molar refractivity (Wildman–Crippen MR) is 264 cm³/mol. The highest BCUT2D eigenvalue weighted by Crippen LogP contribution is 2.40. The monoisotopic (exact) mass is 939 g/mol. The summed E-state index contributed by atoms with van der Waals surface area (Å²) >= 11 is 0. The van der Waals surface area contributed by atoms with Gasteiger partial charge in [0.05, 0.1) is 45.4 Å². The minimum atomic E-state index is -1.82. The summed E-state index contributed by atoms with van der Waals surface area (Å²) in [5.74, 6) is 0.569. The van der Waals surface area contributed by atoms with Gasteiger partial charge < -0.3 is 44.4 Å². The normalized spacial score (nSPS) is 22.0. The number of aromatic amines is 1. The largest absolute Gasteiger partial charge is 0.453 e. The number of hydrogen-bond acceptors (Lipinski definition) is 10. The molecule has 16 heteroatoms. The third kappa shape index (κ3) is 9.12. The summed E-state index contributed by atoms with van der Waals surface area (Å²) in [5.41, 5.74) is 7.21. The van der Waals surface area contributed by atoms with E-state index in [-0.39, 0.29) is 35.7 Å². The molecule has 0 bridgehead atoms. The number of allylic oxidation sites excluding steroid dienone is 1. The number of alkyl carbamates (subject to hydrolysis) is 2. The lowest BCUT2D eigenvalue weighted by Gasteiger charge is -2.34. The van der Waals surface area contributed by atoms with Crippen molar-refractivity contribution >= 4 is 75.9 Å². The number of carbonyl (C=O) groups is 4. The Morgan fingerprint density at radius 1 is 0.721 bits per heavy atom. The summed E-state index contributed by atoms with van der Waals surface area (Å²) in [6.45, 7) is 7.51. The van der Waals surface area contributed by atoms with E-state index < -0.39 is 32.3 Å². The van der Waals surface area contributed by atoms with E-state index >= 15 is 0 Å². The van der Waals surface area contributed by atoms with Gasteiger partial charge in [-0.15, -0.1) is 0 Å². The van der Waals surface area contributed by atoms with E-state index in [4.69, 9.17) is 28.9 Å². The highest BCUT2D eigenvalue weighted by molar-refractivity contribution is 6.78. The number of carbonyl (C=O) groups excluding carboxylic acids is 4. The van der Waals surface area contributed by atoms with Crippen molar-refractivity contribution in [3.63, 3.8) is 0 Å². The second-order valence-electron chi connectivity index (χ2n) is 19.9. The summed E-state index contributed by atoms with van der Waals surface area (Å²) in [6.07, 6.45) is 6.62. The Morgan fingerprint density at radius 2 is 1.29 bits per heavy atom. The average molecular weight is 940 g/mol. The molecule has 4 saturated heterocycles. The van der Waals surface area contributed by atoms with Gasteiger partial charge in [-0.25, -0.2) is 14.6 Å². The number of nitrogens with one attached hydrogen (secondary N) is 3. The highest BCUT2D eigenvalue weighted by Gasteiger charge is 2.47. The van der Waals surface area contributed by atoms with Crippen molar-refractivity contribution in [3.05, 3.63) is 84.3 Å². The van der Waals surface area contributed by atoms with Crippen molar-refractivity contribution in [1.82, 2.24) is 30.4 Å². The number of nitrogens with zero attached hydrogens (tertiary/aromatic N) is 4. The van der Waals surface area contributed by atoms with Gasteiger partial charge in [0.1, 0.15) is 17.9 Å². The van der Waals surface area contributed by atoms with Gasteiger partial charge in [-0.1, -0.05) is 55.6 Å². The van der Waals surface area contributed by atoms with Gasteiger partial charge in [0.25, 0.3) is 0 Å². The summed E-state index contributed by atoms with van der Waals surface area (Å²) in [4.78, 5) is 71.0. The first-order chi connectivity index (χ1) is 33.0. The van der Waals surface area contributed by atoms with E-state index in [2.05, 4.69) is 95.4 Å². The lowest BCUT2D eigenvalue weighted by atomic mass is 9.90. The fourth-order valence-electron chi connectivity index (χ4n) is 11.3. The molecule has 0 spiro atoms. The molecule has 5 aliphatic rings. The van der Waals surface area contributed by atoms with E-state index in [0.717, 1.165) is 85.3 Å². The molecular formula is C52H61N7O8Si. The summed E-state index contributed by atoms with van der Waals surface area (Å²) in [6, 6.07) is 23.0. The van der Waals surface area contributed by atoms with Gasteiger partial charge in [-0.3, -0.25) is 14.6 Å². The zero-order valence-electron chi connectivity index (χ0n) is 39.3. The van der Waals surface area contributed by atoms with E-state index in [0.29, 0.717) is 71.2 Å². The van der Waals surface area contributed by atoms with Gasteiger partial charge in [0.2, 0.25) is 11.8 Å². The smallest absolute Gasteiger partial charge is 0.407 e. The molecule has 4 atom stereocenters. The van der Waals surface area contributed by atoms with Crippen LogP contribution in [0.15, 0.2) is 77.9 Å². The Morgan fingerprint density at radius 3 is 1.94 bits per heavy atom. The predicted octanol–water partition coefficient (Wildman–Crippen LogP) is 8.15. The topological polar surface area (TPSA) is 177 Å². The Bertz CT molecular complexity index is 2830. The SMILES string of the molecule is COC(=O)N[C@H](C(=O)N1CCC[C@H]1C1=NC=C(c2ccc3cc(-c4ccc5c(ccc6[nH]c([C@@H]7C[Si](C)(C)CN7C(=O)[C@@H](NC(=O)OC)C7CCOCC7)nc65)c4)ccc3c2)C1)C1CCOCC1. The number of likely N-dealkylation sites (tertiary alicyclic amines) is 1. The van der Waals surface area contributed by atoms with E-state index in [9.17, 15) is 19.2 Å². The van der Waals surface area contributed by atoms with E-state index in [1.165, 1.54) is 14.2 Å². The fourth-order valence-corrected chi connectivity index (χ4v) is 14.2. The Balaban J connectivity index is 0.842. The maximum atomic E-state index is 14.5. The van der Waals surface area contributed by atoms with Crippen LogP contribution < -0.4 is 10.6 Å². The zero-order valence-corrected chi connectivity index (χ0v) is 40.3. The summed E-state index contributed by atoms with van der Waals surface area (Å²) < 4.78 is 21.0. The number of amides is 4. The van der Waals surface area contributed by atoms with Crippen LogP contribution in [0.1, 0.15) is 62.4 Å². The number of aliphatic imine (C=N–C) groups is 1. The number of aromatic nitrogens is 2. The molecular weight excluding hydrogens is 879 g/mol. The minimum Gasteiger partial charge on any atom is -0.453 e. The van der Waals surface area contributed by atoms with Crippen molar-refractivity contribution in [2.24, 2.45) is 16.8 Å². The number of hydrogen-bond donors (Lipinski definition) is 3. The Hall–Kier alpha value is -6.10. The molecule has 3 N–H and O–H groups in total. The third-order valence-electron chi connectivity index (χ3n) is 15.0. The molecule has 0 saturated carbocycles. The fraction of sp³-hybridized carbons (Fsp3) is 0.462. The molecule has 0 unspecified atom stereocenters. The highest BCUT2D eigenvalue weighted by atomic mass is 28.3. The first-order valence-electron chi connectivity index (χ1n) is 24.1. The summed E-state index contributed by atoms with van der Waals surface area (Å²) in [5, 5.41) is 10.1. The molecule has 1 aromatic heterocycles. The van der Waals surface area contributed by atoms with Gasteiger partial charge >= 0.3 is 12.2 Å². The van der Waals surface area contributed by atoms with Gasteiger partial charge in [0.15, 0.2) is 0 Å². The molecule has 356 valence electrons. The second kappa shape index (κ2) is 19.1. The molecule has 0 aliphatic carbocycles. The minimum absolute atomic E-state index is 0.0115. The maximum Gasteiger partial charge on any atom is 0.407 e. The molecule has 0 radical (unpaired) electrons. The van der Waals surface area contributed by atoms with Gasteiger partial charge in [-0.2, -0.15) is 0 Å². The third-order valence-corrected chi connectivity index (χ3v) is 17.6.